The smallest absolute Gasteiger partial charge is 0.390 e. The molecule has 1 aliphatic heterocycles. The number of aromatic amines is 1. The minimum absolute atomic E-state index is 0.00139. The number of aliphatic hydroxyl groups is 1. The van der Waals surface area contributed by atoms with E-state index in [4.69, 9.17) is 14.5 Å². The Balaban J connectivity index is 2.20. The molecule has 128 valence electrons. The third kappa shape index (κ3) is 4.70. The summed E-state index contributed by atoms with van der Waals surface area (Å²) in [6.45, 7) is -0.534. The lowest BCUT2D eigenvalue weighted by Crippen LogP contribution is -2.33. The van der Waals surface area contributed by atoms with Crippen molar-refractivity contribution < 1.29 is 28.7 Å². The first-order chi connectivity index (χ1) is 10.7. The second-order valence-corrected chi connectivity index (χ2v) is 6.53. The molecule has 0 amide bonds. The Morgan fingerprint density at radius 1 is 1.52 bits per heavy atom. The van der Waals surface area contributed by atoms with Gasteiger partial charge in [-0.1, -0.05) is 15.9 Å². The van der Waals surface area contributed by atoms with Crippen molar-refractivity contribution in [2.75, 3.05) is 6.61 Å². The van der Waals surface area contributed by atoms with Gasteiger partial charge in [-0.05, 0) is 11.1 Å². The van der Waals surface area contributed by atoms with Crippen LogP contribution in [-0.2, 0) is 13.8 Å². The fourth-order valence-corrected chi connectivity index (χ4v) is 2.73. The van der Waals surface area contributed by atoms with Crippen LogP contribution in [0, 0.1) is 0 Å². The summed E-state index contributed by atoms with van der Waals surface area (Å²) in [6.07, 6.45) is -0.306. The number of phosphoric acid groups is 1. The highest BCUT2D eigenvalue weighted by Crippen LogP contribution is 2.38. The summed E-state index contributed by atoms with van der Waals surface area (Å²) >= 11 is 3.02. The van der Waals surface area contributed by atoms with E-state index in [1.165, 1.54) is 17.3 Å². The Morgan fingerprint density at radius 2 is 2.22 bits per heavy atom. The number of phosphoric ester groups is 1. The quantitative estimate of drug-likeness (QED) is 0.479. The molecule has 0 saturated carbocycles. The van der Waals surface area contributed by atoms with Crippen molar-refractivity contribution in [2.45, 2.75) is 24.9 Å². The van der Waals surface area contributed by atoms with Gasteiger partial charge in [0.25, 0.3) is 5.56 Å². The summed E-state index contributed by atoms with van der Waals surface area (Å²) in [7, 11) is -4.69. The number of rotatable bonds is 5. The van der Waals surface area contributed by atoms with Crippen LogP contribution >= 0.6 is 23.8 Å². The van der Waals surface area contributed by atoms with Crippen LogP contribution in [0.5, 0.6) is 0 Å². The van der Waals surface area contributed by atoms with Gasteiger partial charge in [0.15, 0.2) is 0 Å². The molecule has 0 bridgehead atoms. The second-order valence-electron chi connectivity index (χ2n) is 4.76. The molecule has 0 radical (unpaired) electrons. The highest BCUT2D eigenvalue weighted by molar-refractivity contribution is 9.11. The van der Waals surface area contributed by atoms with Gasteiger partial charge in [-0.3, -0.25) is 18.9 Å². The number of hydrogen-bond acceptors (Lipinski definition) is 6. The standard InChI is InChI=1S/C11H14BrN2O8P/c12-2-1-6-4-14(11(17)13-10(6)16)9-3-7(15)8(22-9)5-21-23(18,19)20/h1-2,4,7-9,15H,3,5H2,(H,13,16,17)(H2,18,19,20)/b2-1-/t7-,8+,9+/m0/s1. The zero-order valence-electron chi connectivity index (χ0n) is 11.5. The van der Waals surface area contributed by atoms with Crippen molar-refractivity contribution in [3.8, 4) is 0 Å². The lowest BCUT2D eigenvalue weighted by molar-refractivity contribution is -0.0451. The van der Waals surface area contributed by atoms with Crippen LogP contribution in [0.2, 0.25) is 0 Å². The summed E-state index contributed by atoms with van der Waals surface area (Å²) < 4.78 is 21.5. The van der Waals surface area contributed by atoms with Gasteiger partial charge in [0.05, 0.1) is 18.3 Å². The maximum absolute atomic E-state index is 11.9. The minimum Gasteiger partial charge on any atom is -0.390 e. The molecule has 12 heteroatoms. The second kappa shape index (κ2) is 7.22. The summed E-state index contributed by atoms with van der Waals surface area (Å²) in [5.41, 5.74) is -1.12. The summed E-state index contributed by atoms with van der Waals surface area (Å²) in [5.74, 6) is 0. The molecule has 10 nitrogen and oxygen atoms in total. The molecule has 3 atom stereocenters. The third-order valence-electron chi connectivity index (χ3n) is 3.16. The molecule has 1 aliphatic rings. The largest absolute Gasteiger partial charge is 0.469 e. The van der Waals surface area contributed by atoms with E-state index in [0.29, 0.717) is 0 Å². The fraction of sp³-hybridized carbons (Fsp3) is 0.455. The first-order valence-electron chi connectivity index (χ1n) is 6.37. The SMILES string of the molecule is O=c1[nH]c(=O)n([C@H]2C[C@H](O)[C@@H](COP(=O)(O)O)O2)cc1/C=C\Br. The molecule has 0 aliphatic carbocycles. The van der Waals surface area contributed by atoms with Gasteiger partial charge in [0.1, 0.15) is 12.3 Å². The van der Waals surface area contributed by atoms with Crippen molar-refractivity contribution in [2.24, 2.45) is 0 Å². The predicted molar refractivity (Wildman–Crippen MR) is 81.8 cm³/mol. The zero-order valence-corrected chi connectivity index (χ0v) is 14.0. The van der Waals surface area contributed by atoms with Crippen LogP contribution in [0.3, 0.4) is 0 Å². The number of H-pyrrole nitrogens is 1. The van der Waals surface area contributed by atoms with Gasteiger partial charge in [0, 0.05) is 12.6 Å². The average Bonchev–Trinajstić information content (AvgIpc) is 2.80. The van der Waals surface area contributed by atoms with Crippen LogP contribution in [0.25, 0.3) is 6.08 Å². The molecule has 0 spiro atoms. The molecule has 23 heavy (non-hydrogen) atoms. The van der Waals surface area contributed by atoms with Gasteiger partial charge < -0.3 is 19.6 Å². The molecular weight excluding hydrogens is 399 g/mol. The Labute approximate surface area is 137 Å². The zero-order chi connectivity index (χ0) is 17.2. The van der Waals surface area contributed by atoms with Crippen LogP contribution in [0.4, 0.5) is 0 Å². The van der Waals surface area contributed by atoms with Crippen molar-refractivity contribution >= 4 is 29.8 Å². The van der Waals surface area contributed by atoms with Crippen molar-refractivity contribution in [3.63, 3.8) is 0 Å². The highest BCUT2D eigenvalue weighted by Gasteiger charge is 2.37. The summed E-state index contributed by atoms with van der Waals surface area (Å²) in [5, 5.41) is 9.87. The average molecular weight is 413 g/mol. The van der Waals surface area contributed by atoms with E-state index < -0.39 is 44.1 Å². The van der Waals surface area contributed by atoms with Crippen LogP contribution < -0.4 is 11.2 Å². The summed E-state index contributed by atoms with van der Waals surface area (Å²) in [6, 6.07) is 0. The van der Waals surface area contributed by atoms with Gasteiger partial charge in [-0.15, -0.1) is 0 Å². The van der Waals surface area contributed by atoms with Crippen LogP contribution in [0.1, 0.15) is 18.2 Å². The topological polar surface area (TPSA) is 151 Å². The van der Waals surface area contributed by atoms with Gasteiger partial charge in [-0.2, -0.15) is 0 Å². The molecule has 2 heterocycles. The first kappa shape index (κ1) is 18.3. The fourth-order valence-electron chi connectivity index (χ4n) is 2.11. The molecular formula is C11H14BrN2O8P. The number of ether oxygens (including phenoxy) is 1. The van der Waals surface area contributed by atoms with Crippen molar-refractivity contribution in [1.82, 2.24) is 9.55 Å². The van der Waals surface area contributed by atoms with E-state index >= 15 is 0 Å². The van der Waals surface area contributed by atoms with Gasteiger partial charge in [0.2, 0.25) is 0 Å². The number of hydrogen-bond donors (Lipinski definition) is 4. The monoisotopic (exact) mass is 412 g/mol. The lowest BCUT2D eigenvalue weighted by atomic mass is 10.2. The maximum atomic E-state index is 11.9. The predicted octanol–water partition coefficient (Wildman–Crippen LogP) is -0.340. The Hall–Kier alpha value is -1.07. The first-order valence-corrected chi connectivity index (χ1v) is 8.81. The van der Waals surface area contributed by atoms with E-state index in [-0.39, 0.29) is 12.0 Å². The highest BCUT2D eigenvalue weighted by atomic mass is 79.9. The number of aromatic nitrogens is 2. The number of aliphatic hydroxyl groups excluding tert-OH is 1. The number of nitrogens with one attached hydrogen (secondary N) is 1. The molecule has 1 fully saturated rings. The maximum Gasteiger partial charge on any atom is 0.469 e. The van der Waals surface area contributed by atoms with E-state index in [0.717, 1.165) is 4.57 Å². The van der Waals surface area contributed by atoms with E-state index in [2.05, 4.69) is 25.4 Å². The van der Waals surface area contributed by atoms with Gasteiger partial charge in [-0.25, -0.2) is 9.36 Å². The van der Waals surface area contributed by atoms with Crippen molar-refractivity contribution in [1.29, 1.82) is 0 Å². The molecule has 1 saturated heterocycles. The Bertz CT molecular complexity index is 753. The molecule has 0 aromatic carbocycles. The number of nitrogens with zero attached hydrogens (tertiary/aromatic N) is 1. The van der Waals surface area contributed by atoms with Gasteiger partial charge >= 0.3 is 13.5 Å². The normalized spacial score (nSPS) is 25.3. The Morgan fingerprint density at radius 3 is 2.83 bits per heavy atom. The molecule has 2 rings (SSSR count). The van der Waals surface area contributed by atoms with E-state index in [1.54, 1.807) is 0 Å². The molecule has 0 unspecified atom stereocenters. The molecule has 4 N–H and O–H groups in total. The minimum atomic E-state index is -4.69. The number of halogens is 1. The van der Waals surface area contributed by atoms with E-state index in [1.807, 2.05) is 0 Å². The Kier molecular flexibility index (Phi) is 5.74. The van der Waals surface area contributed by atoms with Crippen LogP contribution in [-0.4, -0.2) is 43.3 Å². The summed E-state index contributed by atoms with van der Waals surface area (Å²) in [4.78, 5) is 44.3. The molecule has 1 aromatic heterocycles. The van der Waals surface area contributed by atoms with E-state index in [9.17, 15) is 19.3 Å². The third-order valence-corrected chi connectivity index (χ3v) is 3.91. The van der Waals surface area contributed by atoms with Crippen molar-refractivity contribution in [3.05, 3.63) is 37.6 Å². The lowest BCUT2D eigenvalue weighted by Gasteiger charge is -2.16. The molecule has 1 aromatic rings. The van der Waals surface area contributed by atoms with Crippen LogP contribution in [0.15, 0.2) is 20.8 Å².